The second-order valence-electron chi connectivity index (χ2n) is 6.47. The number of hydrogen-bond donors (Lipinski definition) is 2. The largest absolute Gasteiger partial charge is 0.322 e. The van der Waals surface area contributed by atoms with Crippen molar-refractivity contribution in [2.24, 2.45) is 0 Å². The van der Waals surface area contributed by atoms with Gasteiger partial charge in [0.2, 0.25) is 0 Å². The van der Waals surface area contributed by atoms with Crippen LogP contribution < -0.4 is 10.6 Å². The number of rotatable bonds is 4. The van der Waals surface area contributed by atoms with Crippen molar-refractivity contribution < 1.29 is 9.59 Å². The monoisotopic (exact) mass is 369 g/mol. The quantitative estimate of drug-likeness (QED) is 0.700. The van der Waals surface area contributed by atoms with Gasteiger partial charge in [0.15, 0.2) is 0 Å². The summed E-state index contributed by atoms with van der Waals surface area (Å²) >= 11 is 0. The topological polar surface area (TPSA) is 82.0 Å². The van der Waals surface area contributed by atoms with Crippen molar-refractivity contribution >= 4 is 23.2 Å². The number of carbonyl (C=O) groups excluding carboxylic acids is 2. The van der Waals surface area contributed by atoms with Gasteiger partial charge in [0.05, 0.1) is 11.6 Å². The Morgan fingerprint density at radius 1 is 0.714 bits per heavy atom. The highest BCUT2D eigenvalue weighted by Crippen LogP contribution is 2.16. The average Bonchev–Trinajstić information content (AvgIpc) is 2.71. The molecule has 0 aliphatic heterocycles. The second kappa shape index (κ2) is 8.19. The number of nitrogens with one attached hydrogen (secondary N) is 2. The Morgan fingerprint density at radius 2 is 1.21 bits per heavy atom. The minimum atomic E-state index is -0.286. The predicted octanol–water partition coefficient (Wildman–Crippen LogP) is 4.68. The summed E-state index contributed by atoms with van der Waals surface area (Å²) < 4.78 is 0. The molecule has 0 unspecified atom stereocenters. The molecule has 2 N–H and O–H groups in total. The first-order valence-electron chi connectivity index (χ1n) is 8.76. The molecule has 5 nitrogen and oxygen atoms in total. The number of aryl methyl sites for hydroxylation is 2. The van der Waals surface area contributed by atoms with Crippen molar-refractivity contribution in [1.82, 2.24) is 0 Å². The van der Waals surface area contributed by atoms with Crippen molar-refractivity contribution in [3.05, 3.63) is 94.5 Å². The number of anilines is 2. The van der Waals surface area contributed by atoms with E-state index in [1.165, 1.54) is 0 Å². The Labute approximate surface area is 163 Å². The predicted molar refractivity (Wildman–Crippen MR) is 109 cm³/mol. The first-order chi connectivity index (χ1) is 13.5. The third-order valence-electron chi connectivity index (χ3n) is 4.45. The van der Waals surface area contributed by atoms with Gasteiger partial charge in [-0.3, -0.25) is 9.59 Å². The van der Waals surface area contributed by atoms with Crippen LogP contribution in [0.25, 0.3) is 0 Å². The molecule has 0 aromatic heterocycles. The van der Waals surface area contributed by atoms with Gasteiger partial charge in [0.1, 0.15) is 0 Å². The highest BCUT2D eigenvalue weighted by atomic mass is 16.2. The fraction of sp³-hybridized carbons (Fsp3) is 0.0870. The van der Waals surface area contributed by atoms with Crippen LogP contribution in [0.3, 0.4) is 0 Å². The van der Waals surface area contributed by atoms with Gasteiger partial charge in [-0.15, -0.1) is 0 Å². The van der Waals surface area contributed by atoms with E-state index in [-0.39, 0.29) is 11.8 Å². The fourth-order valence-corrected chi connectivity index (χ4v) is 2.63. The number of nitrogens with zero attached hydrogens (tertiary/aromatic N) is 1. The molecule has 0 aliphatic rings. The Balaban J connectivity index is 1.66. The normalized spacial score (nSPS) is 10.0. The average molecular weight is 369 g/mol. The summed E-state index contributed by atoms with van der Waals surface area (Å²) in [5.41, 5.74) is 5.02. The van der Waals surface area contributed by atoms with Gasteiger partial charge in [-0.05, 0) is 85.6 Å². The molecule has 2 amide bonds. The minimum absolute atomic E-state index is 0.234. The Morgan fingerprint density at radius 3 is 1.71 bits per heavy atom. The highest BCUT2D eigenvalue weighted by molar-refractivity contribution is 6.07. The third kappa shape index (κ3) is 4.43. The first kappa shape index (κ1) is 18.9. The van der Waals surface area contributed by atoms with Gasteiger partial charge in [-0.25, -0.2) is 0 Å². The third-order valence-corrected chi connectivity index (χ3v) is 4.45. The lowest BCUT2D eigenvalue weighted by Crippen LogP contribution is -2.14. The maximum Gasteiger partial charge on any atom is 0.255 e. The zero-order chi connectivity index (χ0) is 20.1. The van der Waals surface area contributed by atoms with Crippen molar-refractivity contribution in [1.29, 1.82) is 5.26 Å². The van der Waals surface area contributed by atoms with Crippen LogP contribution in [-0.2, 0) is 0 Å². The molecule has 0 atom stereocenters. The van der Waals surface area contributed by atoms with E-state index in [0.29, 0.717) is 22.4 Å². The molecular formula is C23H19N3O2. The van der Waals surface area contributed by atoms with Crippen LogP contribution >= 0.6 is 0 Å². The molecule has 3 aromatic rings. The maximum absolute atomic E-state index is 12.4. The lowest BCUT2D eigenvalue weighted by Gasteiger charge is -2.09. The van der Waals surface area contributed by atoms with E-state index >= 15 is 0 Å². The summed E-state index contributed by atoms with van der Waals surface area (Å²) in [7, 11) is 0. The lowest BCUT2D eigenvalue weighted by atomic mass is 10.1. The Kier molecular flexibility index (Phi) is 5.52. The van der Waals surface area contributed by atoms with Crippen molar-refractivity contribution in [2.45, 2.75) is 13.8 Å². The summed E-state index contributed by atoms with van der Waals surface area (Å²) in [5, 5.41) is 14.4. The first-order valence-corrected chi connectivity index (χ1v) is 8.76. The van der Waals surface area contributed by atoms with Gasteiger partial charge < -0.3 is 10.6 Å². The van der Waals surface area contributed by atoms with Crippen LogP contribution in [0.4, 0.5) is 11.4 Å². The highest BCUT2D eigenvalue weighted by Gasteiger charge is 2.10. The van der Waals surface area contributed by atoms with Crippen LogP contribution in [0.2, 0.25) is 0 Å². The molecule has 5 heteroatoms. The molecule has 0 bridgehead atoms. The molecule has 0 fully saturated rings. The maximum atomic E-state index is 12.4. The number of carbonyl (C=O) groups is 2. The summed E-state index contributed by atoms with van der Waals surface area (Å²) in [6.45, 7) is 4.01. The van der Waals surface area contributed by atoms with Gasteiger partial charge in [0.25, 0.3) is 11.8 Å². The van der Waals surface area contributed by atoms with E-state index in [1.807, 2.05) is 38.1 Å². The van der Waals surface area contributed by atoms with Crippen molar-refractivity contribution in [3.63, 3.8) is 0 Å². The van der Waals surface area contributed by atoms with Crippen LogP contribution in [0.1, 0.15) is 37.4 Å². The molecule has 0 heterocycles. The van der Waals surface area contributed by atoms with Crippen LogP contribution in [0, 0.1) is 25.2 Å². The van der Waals surface area contributed by atoms with Crippen LogP contribution in [0.15, 0.2) is 66.7 Å². The molecule has 28 heavy (non-hydrogen) atoms. The minimum Gasteiger partial charge on any atom is -0.322 e. The second-order valence-corrected chi connectivity index (χ2v) is 6.47. The van der Waals surface area contributed by atoms with E-state index in [0.717, 1.165) is 16.8 Å². The van der Waals surface area contributed by atoms with E-state index in [1.54, 1.807) is 48.5 Å². The smallest absolute Gasteiger partial charge is 0.255 e. The van der Waals surface area contributed by atoms with Crippen LogP contribution in [-0.4, -0.2) is 11.8 Å². The molecule has 0 saturated heterocycles. The van der Waals surface area contributed by atoms with E-state index in [4.69, 9.17) is 5.26 Å². The summed E-state index contributed by atoms with van der Waals surface area (Å²) in [6.07, 6.45) is 0. The molecule has 3 aromatic carbocycles. The number of nitriles is 1. The van der Waals surface area contributed by atoms with E-state index in [2.05, 4.69) is 10.6 Å². The number of benzene rings is 3. The summed E-state index contributed by atoms with van der Waals surface area (Å²) in [6, 6.07) is 20.8. The van der Waals surface area contributed by atoms with E-state index < -0.39 is 0 Å². The van der Waals surface area contributed by atoms with Crippen molar-refractivity contribution in [2.75, 3.05) is 10.6 Å². The Hall–Kier alpha value is -3.91. The summed E-state index contributed by atoms with van der Waals surface area (Å²) in [4.78, 5) is 24.7. The molecule has 0 aliphatic carbocycles. The van der Waals surface area contributed by atoms with E-state index in [9.17, 15) is 9.59 Å². The van der Waals surface area contributed by atoms with Crippen molar-refractivity contribution in [3.8, 4) is 6.07 Å². The molecule has 138 valence electrons. The number of amides is 2. The van der Waals surface area contributed by atoms with Crippen LogP contribution in [0.5, 0.6) is 0 Å². The lowest BCUT2D eigenvalue weighted by molar-refractivity contribution is 0.101. The standard InChI is InChI=1S/C23H19N3O2/c1-15-3-10-21(13-16(15)2)26-23(28)19-8-6-18(7-9-19)22(27)25-20-11-4-17(14-24)5-12-20/h3-13H,1-2H3,(H,25,27)(H,26,28). The molecule has 0 spiro atoms. The number of hydrogen-bond acceptors (Lipinski definition) is 3. The fourth-order valence-electron chi connectivity index (χ4n) is 2.63. The molecule has 0 saturated carbocycles. The Bertz CT molecular complexity index is 1060. The zero-order valence-corrected chi connectivity index (χ0v) is 15.6. The zero-order valence-electron chi connectivity index (χ0n) is 15.6. The SMILES string of the molecule is Cc1ccc(NC(=O)c2ccc(C(=O)Nc3ccc(C#N)cc3)cc2)cc1C. The van der Waals surface area contributed by atoms with Gasteiger partial charge in [0, 0.05) is 22.5 Å². The molecular weight excluding hydrogens is 350 g/mol. The van der Waals surface area contributed by atoms with Gasteiger partial charge >= 0.3 is 0 Å². The summed E-state index contributed by atoms with van der Waals surface area (Å²) in [5.74, 6) is -0.520. The molecule has 3 rings (SSSR count). The van der Waals surface area contributed by atoms with Gasteiger partial charge in [-0.1, -0.05) is 6.07 Å². The molecule has 0 radical (unpaired) electrons. The van der Waals surface area contributed by atoms with Gasteiger partial charge in [-0.2, -0.15) is 5.26 Å².